The molecule has 0 bridgehead atoms. The molecule has 8 nitrogen and oxygen atoms in total. The van der Waals surface area contributed by atoms with Gasteiger partial charge in [0.2, 0.25) is 5.91 Å². The van der Waals surface area contributed by atoms with Gasteiger partial charge in [-0.05, 0) is 37.7 Å². The standard InChI is InChI=1S/C22H30N4O4/c27-21(18-8-5-9-19(16-18)26(29)30)25-14-12-23(13-15-25)20(17-6-1-2-7-17)22(28)24-10-3-4-11-24/h5,8-9,16-17,20H,1-4,6-7,10-15H2. The first kappa shape index (κ1) is 20.8. The van der Waals surface area contributed by atoms with Gasteiger partial charge in [0, 0.05) is 57.0 Å². The van der Waals surface area contributed by atoms with Gasteiger partial charge in [-0.15, -0.1) is 0 Å². The summed E-state index contributed by atoms with van der Waals surface area (Å²) in [6, 6.07) is 5.84. The molecule has 1 aromatic carbocycles. The van der Waals surface area contributed by atoms with Gasteiger partial charge in [-0.25, -0.2) is 0 Å². The largest absolute Gasteiger partial charge is 0.341 e. The maximum atomic E-state index is 13.3. The second kappa shape index (κ2) is 9.12. The average Bonchev–Trinajstić information content (AvgIpc) is 3.48. The number of likely N-dealkylation sites (tertiary alicyclic amines) is 1. The van der Waals surface area contributed by atoms with Crippen LogP contribution in [0.25, 0.3) is 0 Å². The zero-order valence-electron chi connectivity index (χ0n) is 17.4. The lowest BCUT2D eigenvalue weighted by Crippen LogP contribution is -2.58. The Labute approximate surface area is 177 Å². The van der Waals surface area contributed by atoms with Crippen LogP contribution in [-0.4, -0.2) is 76.7 Å². The molecule has 162 valence electrons. The number of carbonyl (C=O) groups is 2. The van der Waals surface area contributed by atoms with E-state index in [1.807, 2.05) is 4.90 Å². The van der Waals surface area contributed by atoms with E-state index in [0.717, 1.165) is 38.8 Å². The molecular formula is C22H30N4O4. The summed E-state index contributed by atoms with van der Waals surface area (Å²) < 4.78 is 0. The Kier molecular flexibility index (Phi) is 6.32. The number of nitro benzene ring substituents is 1. The van der Waals surface area contributed by atoms with E-state index in [2.05, 4.69) is 4.90 Å². The molecule has 8 heteroatoms. The first-order chi connectivity index (χ1) is 14.5. The van der Waals surface area contributed by atoms with Crippen LogP contribution in [0.1, 0.15) is 48.9 Å². The van der Waals surface area contributed by atoms with Gasteiger partial charge in [0.05, 0.1) is 11.0 Å². The fourth-order valence-corrected chi connectivity index (χ4v) is 5.19. The molecule has 0 radical (unpaired) electrons. The van der Waals surface area contributed by atoms with E-state index in [1.165, 1.54) is 25.0 Å². The van der Waals surface area contributed by atoms with Crippen molar-refractivity contribution in [3.63, 3.8) is 0 Å². The molecule has 0 N–H and O–H groups in total. The molecule has 2 aliphatic heterocycles. The Balaban J connectivity index is 1.42. The predicted octanol–water partition coefficient (Wildman–Crippen LogP) is 2.53. The van der Waals surface area contributed by atoms with Crippen LogP contribution in [0.15, 0.2) is 24.3 Å². The molecule has 2 heterocycles. The molecule has 1 aliphatic carbocycles. The minimum absolute atomic E-state index is 0.0688. The quantitative estimate of drug-likeness (QED) is 0.546. The number of nitro groups is 1. The predicted molar refractivity (Wildman–Crippen MR) is 112 cm³/mol. The molecule has 1 atom stereocenters. The van der Waals surface area contributed by atoms with Crippen LogP contribution in [0.3, 0.4) is 0 Å². The molecule has 2 amide bonds. The summed E-state index contributed by atoms with van der Waals surface area (Å²) in [6.07, 6.45) is 6.79. The fraction of sp³-hybridized carbons (Fsp3) is 0.636. The highest BCUT2D eigenvalue weighted by Crippen LogP contribution is 2.32. The Bertz CT molecular complexity index is 794. The number of rotatable bonds is 5. The SMILES string of the molecule is O=C(c1cccc([N+](=O)[O-])c1)N1CCN(C(C(=O)N2CCCC2)C2CCCC2)CC1. The maximum Gasteiger partial charge on any atom is 0.270 e. The van der Waals surface area contributed by atoms with Crippen molar-refractivity contribution in [1.82, 2.24) is 14.7 Å². The van der Waals surface area contributed by atoms with Crippen molar-refractivity contribution in [3.8, 4) is 0 Å². The minimum atomic E-state index is -0.481. The van der Waals surface area contributed by atoms with Gasteiger partial charge < -0.3 is 9.80 Å². The van der Waals surface area contributed by atoms with Crippen LogP contribution < -0.4 is 0 Å². The zero-order valence-corrected chi connectivity index (χ0v) is 17.4. The highest BCUT2D eigenvalue weighted by atomic mass is 16.6. The summed E-state index contributed by atoms with van der Waals surface area (Å²) >= 11 is 0. The van der Waals surface area contributed by atoms with Crippen LogP contribution in [0, 0.1) is 16.0 Å². The van der Waals surface area contributed by atoms with Crippen LogP contribution in [-0.2, 0) is 4.79 Å². The monoisotopic (exact) mass is 414 g/mol. The van der Waals surface area contributed by atoms with Crippen molar-refractivity contribution in [2.75, 3.05) is 39.3 Å². The van der Waals surface area contributed by atoms with Gasteiger partial charge in [-0.2, -0.15) is 0 Å². The fourth-order valence-electron chi connectivity index (χ4n) is 5.19. The number of piperazine rings is 1. The summed E-state index contributed by atoms with van der Waals surface area (Å²) in [4.78, 5) is 42.8. The number of carbonyl (C=O) groups excluding carboxylic acids is 2. The molecular weight excluding hydrogens is 384 g/mol. The smallest absolute Gasteiger partial charge is 0.270 e. The third-order valence-corrected chi connectivity index (χ3v) is 6.82. The lowest BCUT2D eigenvalue weighted by molar-refractivity contribution is -0.384. The summed E-state index contributed by atoms with van der Waals surface area (Å²) in [5, 5.41) is 11.0. The van der Waals surface area contributed by atoms with Crippen LogP contribution in [0.5, 0.6) is 0 Å². The minimum Gasteiger partial charge on any atom is -0.341 e. The van der Waals surface area contributed by atoms with Crippen LogP contribution in [0.2, 0.25) is 0 Å². The maximum absolute atomic E-state index is 13.3. The summed E-state index contributed by atoms with van der Waals surface area (Å²) in [7, 11) is 0. The van der Waals surface area contributed by atoms with Gasteiger partial charge >= 0.3 is 0 Å². The zero-order chi connectivity index (χ0) is 21.1. The molecule has 3 aliphatic rings. The van der Waals surface area contributed by atoms with Crippen LogP contribution in [0.4, 0.5) is 5.69 Å². The molecule has 0 aromatic heterocycles. The molecule has 1 aromatic rings. The van der Waals surface area contributed by atoms with E-state index in [1.54, 1.807) is 17.0 Å². The number of nitrogens with zero attached hydrogens (tertiary/aromatic N) is 4. The van der Waals surface area contributed by atoms with Gasteiger partial charge in [-0.1, -0.05) is 18.9 Å². The van der Waals surface area contributed by atoms with Crippen molar-refractivity contribution in [3.05, 3.63) is 39.9 Å². The summed E-state index contributed by atoms with van der Waals surface area (Å²) in [6.45, 7) is 4.15. The van der Waals surface area contributed by atoms with E-state index in [4.69, 9.17) is 0 Å². The molecule has 2 saturated heterocycles. The third-order valence-electron chi connectivity index (χ3n) is 6.82. The second-order valence-electron chi connectivity index (χ2n) is 8.66. The molecule has 1 unspecified atom stereocenters. The second-order valence-corrected chi connectivity index (χ2v) is 8.66. The van der Waals surface area contributed by atoms with Crippen LogP contribution >= 0.6 is 0 Å². The lowest BCUT2D eigenvalue weighted by Gasteiger charge is -2.42. The van der Waals surface area contributed by atoms with E-state index in [0.29, 0.717) is 37.7 Å². The van der Waals surface area contributed by atoms with E-state index >= 15 is 0 Å². The Morgan fingerprint density at radius 1 is 0.933 bits per heavy atom. The number of amides is 2. The third kappa shape index (κ3) is 4.33. The van der Waals surface area contributed by atoms with Gasteiger partial charge in [0.15, 0.2) is 0 Å². The van der Waals surface area contributed by atoms with E-state index in [9.17, 15) is 19.7 Å². The van der Waals surface area contributed by atoms with Gasteiger partial charge in [0.25, 0.3) is 11.6 Å². The summed E-state index contributed by atoms with van der Waals surface area (Å²) in [5.41, 5.74) is 0.273. The molecule has 4 rings (SSSR count). The molecule has 30 heavy (non-hydrogen) atoms. The topological polar surface area (TPSA) is 87.0 Å². The van der Waals surface area contributed by atoms with Crippen molar-refractivity contribution in [2.24, 2.45) is 5.92 Å². The van der Waals surface area contributed by atoms with Gasteiger partial charge in [-0.3, -0.25) is 24.6 Å². The Morgan fingerprint density at radius 3 is 2.23 bits per heavy atom. The number of hydrogen-bond acceptors (Lipinski definition) is 5. The van der Waals surface area contributed by atoms with Crippen molar-refractivity contribution in [2.45, 2.75) is 44.6 Å². The average molecular weight is 415 g/mol. The normalized spacial score (nSPS) is 21.7. The highest BCUT2D eigenvalue weighted by molar-refractivity contribution is 5.95. The highest BCUT2D eigenvalue weighted by Gasteiger charge is 2.39. The molecule has 1 saturated carbocycles. The van der Waals surface area contributed by atoms with Crippen molar-refractivity contribution >= 4 is 17.5 Å². The number of hydrogen-bond donors (Lipinski definition) is 0. The summed E-state index contributed by atoms with van der Waals surface area (Å²) in [5.74, 6) is 0.511. The number of benzene rings is 1. The van der Waals surface area contributed by atoms with E-state index < -0.39 is 4.92 Å². The van der Waals surface area contributed by atoms with Crippen molar-refractivity contribution < 1.29 is 14.5 Å². The number of non-ortho nitro benzene ring substituents is 1. The molecule has 3 fully saturated rings. The lowest BCUT2D eigenvalue weighted by atomic mass is 9.94. The Morgan fingerprint density at radius 2 is 1.60 bits per heavy atom. The van der Waals surface area contributed by atoms with E-state index in [-0.39, 0.29) is 23.5 Å². The Hall–Kier alpha value is -2.48. The van der Waals surface area contributed by atoms with Crippen molar-refractivity contribution in [1.29, 1.82) is 0 Å². The molecule has 0 spiro atoms. The first-order valence-electron chi connectivity index (χ1n) is 11.1. The first-order valence-corrected chi connectivity index (χ1v) is 11.1. The van der Waals surface area contributed by atoms with Gasteiger partial charge in [0.1, 0.15) is 0 Å².